The van der Waals surface area contributed by atoms with Crippen LogP contribution in [-0.4, -0.2) is 24.1 Å². The molecule has 2 N–H and O–H groups in total. The van der Waals surface area contributed by atoms with Gasteiger partial charge in [0.1, 0.15) is 0 Å². The lowest BCUT2D eigenvalue weighted by molar-refractivity contribution is 0.268. The first-order valence-corrected chi connectivity index (χ1v) is 8.65. The largest absolute Gasteiger partial charge is 0.390 e. The van der Waals surface area contributed by atoms with E-state index in [2.05, 4.69) is 4.72 Å². The van der Waals surface area contributed by atoms with Crippen LogP contribution in [0.25, 0.3) is 0 Å². The number of rotatable bonds is 7. The van der Waals surface area contributed by atoms with E-state index in [0.29, 0.717) is 11.6 Å². The molecular formula is C14H24N2O3S. The lowest BCUT2D eigenvalue weighted by atomic mass is 10.2. The second-order valence-corrected chi connectivity index (χ2v) is 7.74. The predicted molar refractivity (Wildman–Crippen MR) is 77.9 cm³/mol. The zero-order chi connectivity index (χ0) is 14.9. The van der Waals surface area contributed by atoms with Crippen LogP contribution in [0, 0.1) is 5.92 Å². The molecule has 0 bridgehead atoms. The molecule has 6 heteroatoms. The van der Waals surface area contributed by atoms with E-state index in [1.54, 1.807) is 16.8 Å². The highest BCUT2D eigenvalue weighted by Gasteiger charge is 2.27. The minimum Gasteiger partial charge on any atom is -0.390 e. The third-order valence-electron chi connectivity index (χ3n) is 3.68. The van der Waals surface area contributed by atoms with Gasteiger partial charge in [-0.3, -0.25) is 0 Å². The Labute approximate surface area is 121 Å². The van der Waals surface area contributed by atoms with E-state index in [1.165, 1.54) is 12.8 Å². The summed E-state index contributed by atoms with van der Waals surface area (Å²) >= 11 is 0. The molecule has 1 aromatic heterocycles. The van der Waals surface area contributed by atoms with Gasteiger partial charge in [-0.25, -0.2) is 13.1 Å². The Balaban J connectivity index is 2.15. The van der Waals surface area contributed by atoms with E-state index in [-0.39, 0.29) is 23.6 Å². The average molecular weight is 300 g/mol. The monoisotopic (exact) mass is 300 g/mol. The summed E-state index contributed by atoms with van der Waals surface area (Å²) in [7, 11) is -3.50. The Morgan fingerprint density at radius 1 is 1.40 bits per heavy atom. The highest BCUT2D eigenvalue weighted by Crippen LogP contribution is 2.33. The first-order chi connectivity index (χ1) is 9.33. The minimum atomic E-state index is -3.50. The first-order valence-electron chi connectivity index (χ1n) is 7.17. The van der Waals surface area contributed by atoms with Gasteiger partial charge in [0, 0.05) is 24.0 Å². The van der Waals surface area contributed by atoms with E-state index in [0.717, 1.165) is 6.42 Å². The number of hydrogen-bond acceptors (Lipinski definition) is 3. The van der Waals surface area contributed by atoms with Crippen molar-refractivity contribution >= 4 is 10.0 Å². The van der Waals surface area contributed by atoms with E-state index >= 15 is 0 Å². The molecule has 0 radical (unpaired) electrons. The highest BCUT2D eigenvalue weighted by atomic mass is 32.2. The molecular weight excluding hydrogens is 276 g/mol. The van der Waals surface area contributed by atoms with Crippen molar-refractivity contribution in [3.63, 3.8) is 0 Å². The second-order valence-electron chi connectivity index (χ2n) is 6.03. The minimum absolute atomic E-state index is 0.0486. The van der Waals surface area contributed by atoms with Gasteiger partial charge in [-0.1, -0.05) is 12.8 Å². The van der Waals surface area contributed by atoms with Crippen LogP contribution in [-0.2, 0) is 16.6 Å². The molecule has 114 valence electrons. The maximum Gasteiger partial charge on any atom is 0.242 e. The molecule has 1 aliphatic carbocycles. The summed E-state index contributed by atoms with van der Waals surface area (Å²) < 4.78 is 29.2. The maximum absolute atomic E-state index is 12.3. The number of hydrogen-bond donors (Lipinski definition) is 2. The number of sulfonamides is 1. The predicted octanol–water partition coefficient (Wildman–Crippen LogP) is 2.03. The Bertz CT molecular complexity index is 559. The Hall–Kier alpha value is -0.850. The van der Waals surface area contributed by atoms with Crippen molar-refractivity contribution in [3.05, 3.63) is 18.0 Å². The fourth-order valence-electron chi connectivity index (χ4n) is 2.49. The van der Waals surface area contributed by atoms with Crippen molar-refractivity contribution in [1.29, 1.82) is 0 Å². The van der Waals surface area contributed by atoms with E-state index in [1.807, 2.05) is 20.8 Å². The molecule has 0 aromatic carbocycles. The van der Waals surface area contributed by atoms with Crippen molar-refractivity contribution in [2.45, 2.75) is 63.6 Å². The van der Waals surface area contributed by atoms with Crippen LogP contribution in [0.15, 0.2) is 17.2 Å². The van der Waals surface area contributed by atoms with Crippen molar-refractivity contribution in [3.8, 4) is 0 Å². The smallest absolute Gasteiger partial charge is 0.242 e. The number of aliphatic hydroxyl groups excluding tert-OH is 1. The van der Waals surface area contributed by atoms with Gasteiger partial charge in [-0.2, -0.15) is 0 Å². The standard InChI is InChI=1S/C14H24N2O3S/c1-10(2)16-8-14(7-13(16)9-17)20(18,19)15-11(3)6-12-4-5-12/h7-8,10-12,15,17H,4-6,9H2,1-3H3. The molecule has 1 aromatic rings. The van der Waals surface area contributed by atoms with Gasteiger partial charge in [-0.15, -0.1) is 0 Å². The fourth-order valence-corrected chi connectivity index (χ4v) is 3.79. The summed E-state index contributed by atoms with van der Waals surface area (Å²) in [5.74, 6) is 0.681. The van der Waals surface area contributed by atoms with Gasteiger partial charge < -0.3 is 9.67 Å². The lowest BCUT2D eigenvalue weighted by Gasteiger charge is -2.13. The Kier molecular flexibility index (Phi) is 4.56. The van der Waals surface area contributed by atoms with Crippen LogP contribution >= 0.6 is 0 Å². The van der Waals surface area contributed by atoms with Gasteiger partial charge in [0.25, 0.3) is 0 Å². The molecule has 0 spiro atoms. The van der Waals surface area contributed by atoms with Gasteiger partial charge in [0.05, 0.1) is 11.5 Å². The number of aromatic nitrogens is 1. The summed E-state index contributed by atoms with van der Waals surface area (Å²) in [5, 5.41) is 9.32. The van der Waals surface area contributed by atoms with Crippen LogP contribution in [0.3, 0.4) is 0 Å². The Morgan fingerprint density at radius 3 is 2.50 bits per heavy atom. The average Bonchev–Trinajstić information content (AvgIpc) is 3.03. The molecule has 1 heterocycles. The van der Waals surface area contributed by atoms with Gasteiger partial charge in [0.15, 0.2) is 0 Å². The molecule has 1 atom stereocenters. The van der Waals surface area contributed by atoms with Crippen molar-refractivity contribution in [2.75, 3.05) is 0 Å². The Morgan fingerprint density at radius 2 is 2.05 bits per heavy atom. The lowest BCUT2D eigenvalue weighted by Crippen LogP contribution is -2.32. The van der Waals surface area contributed by atoms with Crippen molar-refractivity contribution in [2.24, 2.45) is 5.92 Å². The molecule has 0 saturated heterocycles. The summed E-state index contributed by atoms with van der Waals surface area (Å²) in [6, 6.07) is 1.61. The summed E-state index contributed by atoms with van der Waals surface area (Å²) in [6.07, 6.45) is 4.92. The van der Waals surface area contributed by atoms with Gasteiger partial charge >= 0.3 is 0 Å². The third-order valence-corrected chi connectivity index (χ3v) is 5.23. The second kappa shape index (κ2) is 5.87. The third kappa shape index (κ3) is 3.62. The summed E-state index contributed by atoms with van der Waals surface area (Å²) in [6.45, 7) is 5.66. The van der Waals surface area contributed by atoms with Crippen LogP contribution in [0.1, 0.15) is 51.8 Å². The van der Waals surface area contributed by atoms with Crippen LogP contribution in [0.4, 0.5) is 0 Å². The van der Waals surface area contributed by atoms with Crippen LogP contribution < -0.4 is 4.72 Å². The summed E-state index contributed by atoms with van der Waals surface area (Å²) in [5.41, 5.74) is 0.621. The normalized spacial score (nSPS) is 17.6. The SMILES string of the molecule is CC(CC1CC1)NS(=O)(=O)c1cc(CO)n(C(C)C)c1. The van der Waals surface area contributed by atoms with E-state index in [4.69, 9.17) is 0 Å². The molecule has 2 rings (SSSR count). The van der Waals surface area contributed by atoms with Gasteiger partial charge in [-0.05, 0) is 39.2 Å². The van der Waals surface area contributed by atoms with Crippen molar-refractivity contribution < 1.29 is 13.5 Å². The molecule has 1 fully saturated rings. The maximum atomic E-state index is 12.3. The zero-order valence-corrected chi connectivity index (χ0v) is 13.2. The quantitative estimate of drug-likeness (QED) is 0.809. The van der Waals surface area contributed by atoms with Crippen molar-refractivity contribution in [1.82, 2.24) is 9.29 Å². The molecule has 20 heavy (non-hydrogen) atoms. The molecule has 0 amide bonds. The van der Waals surface area contributed by atoms with Crippen LogP contribution in [0.5, 0.6) is 0 Å². The zero-order valence-electron chi connectivity index (χ0n) is 12.3. The number of nitrogens with zero attached hydrogens (tertiary/aromatic N) is 1. The molecule has 5 nitrogen and oxygen atoms in total. The molecule has 1 aliphatic rings. The van der Waals surface area contributed by atoms with E-state index < -0.39 is 10.0 Å². The fraction of sp³-hybridized carbons (Fsp3) is 0.714. The first kappa shape index (κ1) is 15.5. The number of aliphatic hydroxyl groups is 1. The highest BCUT2D eigenvalue weighted by molar-refractivity contribution is 7.89. The number of nitrogens with one attached hydrogen (secondary N) is 1. The molecule has 1 unspecified atom stereocenters. The van der Waals surface area contributed by atoms with Gasteiger partial charge in [0.2, 0.25) is 10.0 Å². The van der Waals surface area contributed by atoms with E-state index in [9.17, 15) is 13.5 Å². The summed E-state index contributed by atoms with van der Waals surface area (Å²) in [4.78, 5) is 0.234. The molecule has 0 aliphatic heterocycles. The molecule has 1 saturated carbocycles. The van der Waals surface area contributed by atoms with Crippen LogP contribution in [0.2, 0.25) is 0 Å². The topological polar surface area (TPSA) is 71.3 Å².